The van der Waals surface area contributed by atoms with Crippen molar-refractivity contribution in [2.24, 2.45) is 0 Å². The quantitative estimate of drug-likeness (QED) is 0.528. The maximum Gasteiger partial charge on any atom is 0.187 e. The summed E-state index contributed by atoms with van der Waals surface area (Å²) in [4.78, 5) is 8.19. The Kier molecular flexibility index (Phi) is 3.70. The number of rotatable bonds is 4. The van der Waals surface area contributed by atoms with Gasteiger partial charge in [0.2, 0.25) is 0 Å². The molecule has 2 aromatic carbocycles. The molecule has 120 valence electrons. The molecule has 0 amide bonds. The lowest BCUT2D eigenvalue weighted by atomic mass is 10.1. The van der Waals surface area contributed by atoms with Gasteiger partial charge in [0.1, 0.15) is 5.75 Å². The molecule has 4 nitrogen and oxygen atoms in total. The topological polar surface area (TPSA) is 49.9 Å². The molecule has 0 radical (unpaired) electrons. The lowest BCUT2D eigenvalue weighted by Gasteiger charge is -2.04. The van der Waals surface area contributed by atoms with Crippen molar-refractivity contribution < 1.29 is 4.74 Å². The monoisotopic (exact) mass is 335 g/mol. The van der Waals surface area contributed by atoms with Crippen molar-refractivity contribution in [3.63, 3.8) is 0 Å². The van der Waals surface area contributed by atoms with E-state index in [-0.39, 0.29) is 0 Å². The van der Waals surface area contributed by atoms with E-state index in [1.807, 2.05) is 30.3 Å². The molecule has 0 saturated heterocycles. The Labute approximate surface area is 144 Å². The molecular weight excluding hydrogens is 318 g/mol. The number of thiazole rings is 1. The van der Waals surface area contributed by atoms with Crippen molar-refractivity contribution in [3.05, 3.63) is 59.6 Å². The summed E-state index contributed by atoms with van der Waals surface area (Å²) in [7, 11) is 1.67. The molecule has 2 heterocycles. The van der Waals surface area contributed by atoms with Crippen LogP contribution in [0.1, 0.15) is 5.69 Å². The van der Waals surface area contributed by atoms with E-state index in [1.54, 1.807) is 18.4 Å². The Hall–Kier alpha value is -2.79. The Bertz CT molecular complexity index is 985. The van der Waals surface area contributed by atoms with E-state index < -0.39 is 0 Å². The maximum absolute atomic E-state index is 5.18. The molecule has 24 heavy (non-hydrogen) atoms. The van der Waals surface area contributed by atoms with Gasteiger partial charge in [0.25, 0.3) is 0 Å². The van der Waals surface area contributed by atoms with Crippen LogP contribution in [0.15, 0.2) is 53.9 Å². The summed E-state index contributed by atoms with van der Waals surface area (Å²) in [6, 6.07) is 16.1. The van der Waals surface area contributed by atoms with Crippen molar-refractivity contribution in [2.75, 3.05) is 12.4 Å². The number of nitrogens with one attached hydrogen (secondary N) is 2. The minimum absolute atomic E-state index is 0.842. The van der Waals surface area contributed by atoms with Crippen molar-refractivity contribution in [1.29, 1.82) is 0 Å². The van der Waals surface area contributed by atoms with Crippen LogP contribution in [0.25, 0.3) is 22.2 Å². The molecule has 0 aliphatic rings. The standard InChI is InChI=1S/C19H17N3OS/c1-12-18(15-5-3-4-6-16(15)20-12)17-11-24-19(22-17)21-13-7-9-14(23-2)10-8-13/h3-11,20H,1-2H3,(H,21,22). The molecule has 0 aliphatic heterocycles. The highest BCUT2D eigenvalue weighted by Crippen LogP contribution is 2.34. The molecule has 0 aliphatic carbocycles. The van der Waals surface area contributed by atoms with Gasteiger partial charge in [0, 0.05) is 33.2 Å². The van der Waals surface area contributed by atoms with Gasteiger partial charge in [-0.3, -0.25) is 0 Å². The number of para-hydroxylation sites is 1. The van der Waals surface area contributed by atoms with E-state index in [4.69, 9.17) is 9.72 Å². The second kappa shape index (κ2) is 6.02. The average Bonchev–Trinajstić information content (AvgIpc) is 3.18. The number of nitrogens with zero attached hydrogens (tertiary/aromatic N) is 1. The molecule has 0 saturated carbocycles. The number of fused-ring (bicyclic) bond motifs is 1. The highest BCUT2D eigenvalue weighted by molar-refractivity contribution is 7.14. The fraction of sp³-hybridized carbons (Fsp3) is 0.105. The van der Waals surface area contributed by atoms with Crippen molar-refractivity contribution in [3.8, 4) is 17.0 Å². The van der Waals surface area contributed by atoms with Gasteiger partial charge >= 0.3 is 0 Å². The zero-order valence-corrected chi connectivity index (χ0v) is 14.3. The molecule has 2 aromatic heterocycles. The number of anilines is 2. The second-order valence-corrected chi connectivity index (χ2v) is 6.42. The van der Waals surface area contributed by atoms with E-state index in [0.29, 0.717) is 0 Å². The number of aryl methyl sites for hydroxylation is 1. The van der Waals surface area contributed by atoms with Crippen molar-refractivity contribution >= 4 is 33.1 Å². The fourth-order valence-electron chi connectivity index (χ4n) is 2.85. The highest BCUT2D eigenvalue weighted by Gasteiger charge is 2.13. The van der Waals surface area contributed by atoms with Crippen LogP contribution in [-0.4, -0.2) is 17.1 Å². The van der Waals surface area contributed by atoms with E-state index >= 15 is 0 Å². The molecule has 4 rings (SSSR count). The molecule has 0 spiro atoms. The van der Waals surface area contributed by atoms with E-state index in [1.165, 1.54) is 10.9 Å². The predicted molar refractivity (Wildman–Crippen MR) is 100 cm³/mol. The molecule has 0 atom stereocenters. The van der Waals surface area contributed by atoms with E-state index in [9.17, 15) is 0 Å². The second-order valence-electron chi connectivity index (χ2n) is 5.56. The molecule has 4 aromatic rings. The number of ether oxygens (including phenoxy) is 1. The first-order valence-corrected chi connectivity index (χ1v) is 8.57. The molecule has 0 unspecified atom stereocenters. The van der Waals surface area contributed by atoms with Crippen LogP contribution in [0.3, 0.4) is 0 Å². The van der Waals surface area contributed by atoms with Gasteiger partial charge in [-0.15, -0.1) is 11.3 Å². The third kappa shape index (κ3) is 2.63. The van der Waals surface area contributed by atoms with Crippen molar-refractivity contribution in [2.45, 2.75) is 6.92 Å². The van der Waals surface area contributed by atoms with Gasteiger partial charge in [-0.05, 0) is 37.3 Å². The molecule has 5 heteroatoms. The summed E-state index contributed by atoms with van der Waals surface area (Å²) in [6.45, 7) is 2.09. The zero-order chi connectivity index (χ0) is 16.5. The number of methoxy groups -OCH3 is 1. The van der Waals surface area contributed by atoms with Crippen LogP contribution < -0.4 is 10.1 Å². The van der Waals surface area contributed by atoms with Gasteiger partial charge in [-0.1, -0.05) is 18.2 Å². The largest absolute Gasteiger partial charge is 0.497 e. The third-order valence-electron chi connectivity index (χ3n) is 4.00. The van der Waals surface area contributed by atoms with Crippen LogP contribution in [0.5, 0.6) is 5.75 Å². The number of H-pyrrole nitrogens is 1. The summed E-state index contributed by atoms with van der Waals surface area (Å²) >= 11 is 1.60. The number of hydrogen-bond acceptors (Lipinski definition) is 4. The summed E-state index contributed by atoms with van der Waals surface area (Å²) < 4.78 is 5.18. The predicted octanol–water partition coefficient (Wildman–Crippen LogP) is 5.35. The lowest BCUT2D eigenvalue weighted by Crippen LogP contribution is -1.90. The summed E-state index contributed by atoms with van der Waals surface area (Å²) in [6.07, 6.45) is 0. The first-order valence-electron chi connectivity index (χ1n) is 7.69. The van der Waals surface area contributed by atoms with Crippen LogP contribution >= 0.6 is 11.3 Å². The Balaban J connectivity index is 1.65. The average molecular weight is 335 g/mol. The van der Waals surface area contributed by atoms with Gasteiger partial charge in [-0.25, -0.2) is 4.98 Å². The third-order valence-corrected chi connectivity index (χ3v) is 4.75. The number of aromatic nitrogens is 2. The van der Waals surface area contributed by atoms with Crippen LogP contribution in [-0.2, 0) is 0 Å². The van der Waals surface area contributed by atoms with Gasteiger partial charge < -0.3 is 15.0 Å². The van der Waals surface area contributed by atoms with Crippen LogP contribution in [0.2, 0.25) is 0 Å². The molecule has 0 bridgehead atoms. The van der Waals surface area contributed by atoms with Crippen LogP contribution in [0.4, 0.5) is 10.8 Å². The fourth-order valence-corrected chi connectivity index (χ4v) is 3.57. The highest BCUT2D eigenvalue weighted by atomic mass is 32.1. The minimum Gasteiger partial charge on any atom is -0.497 e. The lowest BCUT2D eigenvalue weighted by molar-refractivity contribution is 0.415. The first kappa shape index (κ1) is 14.8. The molecular formula is C19H17N3OS. The number of aromatic amines is 1. The number of benzene rings is 2. The Morgan fingerprint density at radius 3 is 2.67 bits per heavy atom. The maximum atomic E-state index is 5.18. The first-order chi connectivity index (χ1) is 11.7. The van der Waals surface area contributed by atoms with Crippen molar-refractivity contribution in [1.82, 2.24) is 9.97 Å². The SMILES string of the molecule is COc1ccc(Nc2nc(-c3c(C)[nH]c4ccccc34)cs2)cc1. The van der Waals surface area contributed by atoms with E-state index in [0.717, 1.165) is 33.5 Å². The summed E-state index contributed by atoms with van der Waals surface area (Å²) in [5.74, 6) is 0.842. The minimum atomic E-state index is 0.842. The molecule has 2 N–H and O–H groups in total. The van der Waals surface area contributed by atoms with E-state index in [2.05, 4.69) is 40.8 Å². The van der Waals surface area contributed by atoms with Gasteiger partial charge in [0.15, 0.2) is 5.13 Å². The van der Waals surface area contributed by atoms with Gasteiger partial charge in [0.05, 0.1) is 12.8 Å². The summed E-state index contributed by atoms with van der Waals surface area (Å²) in [5.41, 5.74) is 5.43. The number of hydrogen-bond donors (Lipinski definition) is 2. The summed E-state index contributed by atoms with van der Waals surface area (Å²) in [5, 5.41) is 7.52. The Morgan fingerprint density at radius 1 is 1.08 bits per heavy atom. The smallest absolute Gasteiger partial charge is 0.187 e. The Morgan fingerprint density at radius 2 is 1.88 bits per heavy atom. The molecule has 0 fully saturated rings. The van der Waals surface area contributed by atoms with Gasteiger partial charge in [-0.2, -0.15) is 0 Å². The van der Waals surface area contributed by atoms with Crippen LogP contribution in [0, 0.1) is 6.92 Å². The normalized spacial score (nSPS) is 10.9. The zero-order valence-electron chi connectivity index (χ0n) is 13.5.